The molecule has 0 spiro atoms. The molecule has 5 heteroatoms. The molecule has 4 N–H and O–H groups in total. The van der Waals surface area contributed by atoms with E-state index in [4.69, 9.17) is 5.73 Å². The summed E-state index contributed by atoms with van der Waals surface area (Å²) in [6.07, 6.45) is 0.775. The molecule has 0 saturated heterocycles. The van der Waals surface area contributed by atoms with Crippen LogP contribution < -0.4 is 16.0 Å². The van der Waals surface area contributed by atoms with Crippen LogP contribution in [0.1, 0.15) is 41.0 Å². The fourth-order valence-corrected chi connectivity index (χ4v) is 1.95. The number of aliphatic hydroxyl groups is 1. The quantitative estimate of drug-likeness (QED) is 0.706. The van der Waals surface area contributed by atoms with E-state index in [1.165, 1.54) is 0 Å². The second kappa shape index (κ2) is 6.57. The van der Waals surface area contributed by atoms with Crippen molar-refractivity contribution in [1.29, 1.82) is 0 Å². The first kappa shape index (κ1) is 18.3. The fourth-order valence-electron chi connectivity index (χ4n) is 1.95. The first-order valence-corrected chi connectivity index (χ1v) is 7.62. The van der Waals surface area contributed by atoms with Crippen molar-refractivity contribution in [3.63, 3.8) is 0 Å². The lowest BCUT2D eigenvalue weighted by molar-refractivity contribution is -0.126. The molecule has 0 heterocycles. The lowest BCUT2D eigenvalue weighted by Gasteiger charge is -2.29. The first-order valence-electron chi connectivity index (χ1n) is 7.62. The largest absolute Gasteiger partial charge is 0.397 e. The second-order valence-electron chi connectivity index (χ2n) is 7.04. The van der Waals surface area contributed by atoms with Gasteiger partial charge in [-0.2, -0.15) is 0 Å². The van der Waals surface area contributed by atoms with Gasteiger partial charge in [-0.15, -0.1) is 0 Å². The van der Waals surface area contributed by atoms with Crippen LogP contribution >= 0.6 is 0 Å². The highest BCUT2D eigenvalue weighted by molar-refractivity contribution is 5.97. The maximum atomic E-state index is 12.5. The Bertz CT molecular complexity index is 533. The van der Waals surface area contributed by atoms with Gasteiger partial charge in [-0.1, -0.05) is 20.8 Å². The maximum Gasteiger partial charge on any atom is 0.232 e. The summed E-state index contributed by atoms with van der Waals surface area (Å²) in [4.78, 5) is 14.1. The van der Waals surface area contributed by atoms with Crippen molar-refractivity contribution in [2.24, 2.45) is 5.41 Å². The van der Waals surface area contributed by atoms with Gasteiger partial charge in [-0.25, -0.2) is 0 Å². The van der Waals surface area contributed by atoms with E-state index in [-0.39, 0.29) is 5.91 Å². The van der Waals surface area contributed by atoms with Gasteiger partial charge in [0.25, 0.3) is 0 Å². The Morgan fingerprint density at radius 3 is 2.36 bits per heavy atom. The van der Waals surface area contributed by atoms with E-state index in [2.05, 4.69) is 5.32 Å². The molecular weight excluding hydrogens is 278 g/mol. The number of anilines is 3. The molecule has 0 aliphatic carbocycles. The van der Waals surface area contributed by atoms with Gasteiger partial charge in [0.05, 0.1) is 17.0 Å². The molecular formula is C17H29N3O2. The zero-order valence-corrected chi connectivity index (χ0v) is 14.5. The Balaban J connectivity index is 2.91. The zero-order chi connectivity index (χ0) is 17.1. The summed E-state index contributed by atoms with van der Waals surface area (Å²) in [5, 5.41) is 12.9. The van der Waals surface area contributed by atoms with Crippen molar-refractivity contribution in [3.05, 3.63) is 18.2 Å². The smallest absolute Gasteiger partial charge is 0.232 e. The lowest BCUT2D eigenvalue weighted by atomic mass is 9.88. The average Bonchev–Trinajstić information content (AvgIpc) is 2.43. The number of amides is 1. The summed E-state index contributed by atoms with van der Waals surface area (Å²) in [6, 6.07) is 5.46. The molecule has 0 bridgehead atoms. The summed E-state index contributed by atoms with van der Waals surface area (Å²) < 4.78 is 0. The molecule has 1 aromatic carbocycles. The Labute approximate surface area is 133 Å². The maximum absolute atomic E-state index is 12.5. The highest BCUT2D eigenvalue weighted by Gasteiger charge is 2.29. The van der Waals surface area contributed by atoms with Crippen LogP contribution in [0, 0.1) is 5.41 Å². The van der Waals surface area contributed by atoms with E-state index in [0.29, 0.717) is 12.2 Å². The molecule has 22 heavy (non-hydrogen) atoms. The predicted molar refractivity (Wildman–Crippen MR) is 93.1 cm³/mol. The standard InChI is InChI=1S/C17H29N3O2/c1-7-16(2,3)15(21)20(6)12-8-9-14(13(18)10-12)19-11-17(4,5)22/h8-10,19,22H,7,11,18H2,1-6H3. The molecule has 0 fully saturated rings. The van der Waals surface area contributed by atoms with E-state index in [1.54, 1.807) is 31.9 Å². The minimum absolute atomic E-state index is 0.0617. The van der Waals surface area contributed by atoms with Gasteiger partial charge >= 0.3 is 0 Å². The fraction of sp³-hybridized carbons (Fsp3) is 0.588. The number of hydrogen-bond donors (Lipinski definition) is 3. The second-order valence-corrected chi connectivity index (χ2v) is 7.04. The number of hydrogen-bond acceptors (Lipinski definition) is 4. The molecule has 0 unspecified atom stereocenters. The lowest BCUT2D eigenvalue weighted by Crippen LogP contribution is -2.38. The predicted octanol–water partition coefficient (Wildman–Crippen LogP) is 2.85. The number of carbonyl (C=O) groups excluding carboxylic acids is 1. The van der Waals surface area contributed by atoms with Crippen LogP contribution in [-0.4, -0.2) is 30.2 Å². The number of nitrogens with zero attached hydrogens (tertiary/aromatic N) is 1. The zero-order valence-electron chi connectivity index (χ0n) is 14.5. The molecule has 0 radical (unpaired) electrons. The highest BCUT2D eigenvalue weighted by atomic mass is 16.3. The number of carbonyl (C=O) groups is 1. The van der Waals surface area contributed by atoms with Crippen LogP contribution in [-0.2, 0) is 4.79 Å². The van der Waals surface area contributed by atoms with E-state index in [9.17, 15) is 9.90 Å². The molecule has 0 aliphatic rings. The normalized spacial score (nSPS) is 12.1. The van der Waals surface area contributed by atoms with Crippen molar-refractivity contribution in [3.8, 4) is 0 Å². The molecule has 124 valence electrons. The Hall–Kier alpha value is -1.75. The number of nitrogens with one attached hydrogen (secondary N) is 1. The Kier molecular flexibility index (Phi) is 5.46. The molecule has 1 amide bonds. The molecule has 0 atom stereocenters. The summed E-state index contributed by atoms with van der Waals surface area (Å²) in [5.41, 5.74) is 6.90. The molecule has 1 aromatic rings. The summed E-state index contributed by atoms with van der Waals surface area (Å²) in [5.74, 6) is 0.0617. The van der Waals surface area contributed by atoms with Gasteiger partial charge in [0, 0.05) is 24.7 Å². The van der Waals surface area contributed by atoms with Gasteiger partial charge in [-0.3, -0.25) is 4.79 Å². The number of nitrogens with two attached hydrogens (primary N) is 1. The molecule has 5 nitrogen and oxygen atoms in total. The highest BCUT2D eigenvalue weighted by Crippen LogP contribution is 2.29. The Morgan fingerprint density at radius 2 is 1.91 bits per heavy atom. The average molecular weight is 307 g/mol. The van der Waals surface area contributed by atoms with E-state index >= 15 is 0 Å². The van der Waals surface area contributed by atoms with Crippen LogP contribution in [0.2, 0.25) is 0 Å². The minimum atomic E-state index is -0.816. The summed E-state index contributed by atoms with van der Waals surface area (Å²) >= 11 is 0. The van der Waals surface area contributed by atoms with Crippen LogP contribution in [0.15, 0.2) is 18.2 Å². The first-order chi connectivity index (χ1) is 9.98. The van der Waals surface area contributed by atoms with E-state index in [0.717, 1.165) is 17.8 Å². The Morgan fingerprint density at radius 1 is 1.32 bits per heavy atom. The molecule has 1 rings (SSSR count). The van der Waals surface area contributed by atoms with E-state index < -0.39 is 11.0 Å². The third-order valence-electron chi connectivity index (χ3n) is 3.90. The van der Waals surface area contributed by atoms with Gasteiger partial charge in [0.1, 0.15) is 0 Å². The van der Waals surface area contributed by atoms with Crippen LogP contribution in [0.4, 0.5) is 17.1 Å². The van der Waals surface area contributed by atoms with Gasteiger partial charge in [0.2, 0.25) is 5.91 Å². The molecule has 0 aliphatic heterocycles. The molecule has 0 saturated carbocycles. The summed E-state index contributed by atoms with van der Waals surface area (Å²) in [6.45, 7) is 9.73. The third kappa shape index (κ3) is 4.63. The topological polar surface area (TPSA) is 78.6 Å². The SMILES string of the molecule is CCC(C)(C)C(=O)N(C)c1ccc(NCC(C)(C)O)c(N)c1. The van der Waals surface area contributed by atoms with Crippen LogP contribution in [0.25, 0.3) is 0 Å². The van der Waals surface area contributed by atoms with Crippen LogP contribution in [0.5, 0.6) is 0 Å². The van der Waals surface area contributed by atoms with Crippen molar-refractivity contribution < 1.29 is 9.90 Å². The van der Waals surface area contributed by atoms with E-state index in [1.807, 2.05) is 32.9 Å². The van der Waals surface area contributed by atoms with Gasteiger partial charge in [-0.05, 0) is 38.5 Å². The van der Waals surface area contributed by atoms with Crippen molar-refractivity contribution in [1.82, 2.24) is 0 Å². The monoisotopic (exact) mass is 307 g/mol. The molecule has 0 aromatic heterocycles. The number of rotatable bonds is 6. The van der Waals surface area contributed by atoms with Crippen molar-refractivity contribution in [2.45, 2.75) is 46.6 Å². The van der Waals surface area contributed by atoms with Crippen molar-refractivity contribution in [2.75, 3.05) is 29.5 Å². The van der Waals surface area contributed by atoms with Crippen LogP contribution in [0.3, 0.4) is 0 Å². The third-order valence-corrected chi connectivity index (χ3v) is 3.90. The van der Waals surface area contributed by atoms with Gasteiger partial charge in [0.15, 0.2) is 0 Å². The summed E-state index contributed by atoms with van der Waals surface area (Å²) in [7, 11) is 1.76. The van der Waals surface area contributed by atoms with Gasteiger partial charge < -0.3 is 21.1 Å². The minimum Gasteiger partial charge on any atom is -0.397 e. The number of nitrogen functional groups attached to an aromatic ring is 1. The van der Waals surface area contributed by atoms with Crippen molar-refractivity contribution >= 4 is 23.0 Å². The number of benzene rings is 1.